The molecule has 0 fully saturated rings. The molecule has 0 spiro atoms. The number of allylic oxidation sites excluding steroid dienone is 1. The van der Waals surface area contributed by atoms with E-state index in [0.29, 0.717) is 34.3 Å². The standard InChI is InChI=1S/C27H22N2O5/c1-32-23-11-5-4-10-22(23)28-24(30)16-34-27(31)25-19-8-2-3-9-21(19)29-26-17(12-13-20(25)26)15-18-7-6-14-33-18/h2-11,14-15H,12-13,16H2,1H3,(H,28,30). The van der Waals surface area contributed by atoms with Crippen molar-refractivity contribution in [3.05, 3.63) is 89.5 Å². The predicted octanol–water partition coefficient (Wildman–Crippen LogP) is 5.12. The molecule has 7 heteroatoms. The molecule has 4 aromatic rings. The number of amides is 1. The van der Waals surface area contributed by atoms with Crippen molar-refractivity contribution in [2.45, 2.75) is 12.8 Å². The van der Waals surface area contributed by atoms with Crippen LogP contribution in [0.4, 0.5) is 5.69 Å². The normalized spacial score (nSPS) is 13.6. The fourth-order valence-corrected chi connectivity index (χ4v) is 4.19. The van der Waals surface area contributed by atoms with Crippen LogP contribution in [0.5, 0.6) is 5.75 Å². The van der Waals surface area contributed by atoms with Crippen LogP contribution < -0.4 is 10.1 Å². The maximum Gasteiger partial charge on any atom is 0.339 e. The number of hydrogen-bond donors (Lipinski definition) is 1. The van der Waals surface area contributed by atoms with Crippen LogP contribution in [0.1, 0.15) is 33.8 Å². The van der Waals surface area contributed by atoms with Gasteiger partial charge in [0.1, 0.15) is 11.5 Å². The average Bonchev–Trinajstić information content (AvgIpc) is 3.52. The topological polar surface area (TPSA) is 90.7 Å². The summed E-state index contributed by atoms with van der Waals surface area (Å²) < 4.78 is 16.2. The predicted molar refractivity (Wildman–Crippen MR) is 129 cm³/mol. The third-order valence-corrected chi connectivity index (χ3v) is 5.72. The summed E-state index contributed by atoms with van der Waals surface area (Å²) in [5.74, 6) is 0.251. The van der Waals surface area contributed by atoms with Gasteiger partial charge in [0.2, 0.25) is 0 Å². The maximum atomic E-state index is 13.2. The van der Waals surface area contributed by atoms with Crippen LogP contribution in [0.25, 0.3) is 22.6 Å². The third-order valence-electron chi connectivity index (χ3n) is 5.72. The Labute approximate surface area is 196 Å². The van der Waals surface area contributed by atoms with Crippen LogP contribution in [0.2, 0.25) is 0 Å². The molecule has 34 heavy (non-hydrogen) atoms. The van der Waals surface area contributed by atoms with Gasteiger partial charge in [-0.1, -0.05) is 30.3 Å². The molecular weight excluding hydrogens is 432 g/mol. The molecule has 0 saturated heterocycles. The molecule has 170 valence electrons. The number of aromatic nitrogens is 1. The molecule has 2 aromatic carbocycles. The second-order valence-electron chi connectivity index (χ2n) is 7.84. The fraction of sp³-hybridized carbons (Fsp3) is 0.148. The summed E-state index contributed by atoms with van der Waals surface area (Å²) in [4.78, 5) is 30.5. The van der Waals surface area contributed by atoms with E-state index in [4.69, 9.17) is 18.9 Å². The number of nitrogens with zero attached hydrogens (tertiary/aromatic N) is 1. The van der Waals surface area contributed by atoms with Crippen molar-refractivity contribution in [2.24, 2.45) is 0 Å². The van der Waals surface area contributed by atoms with Crippen molar-refractivity contribution in [2.75, 3.05) is 19.0 Å². The summed E-state index contributed by atoms with van der Waals surface area (Å²) in [6.45, 7) is -0.419. The van der Waals surface area contributed by atoms with Crippen molar-refractivity contribution in [3.63, 3.8) is 0 Å². The van der Waals surface area contributed by atoms with E-state index in [-0.39, 0.29) is 0 Å². The Bertz CT molecular complexity index is 1410. The van der Waals surface area contributed by atoms with E-state index in [1.165, 1.54) is 7.11 Å². The quantitative estimate of drug-likeness (QED) is 0.407. The van der Waals surface area contributed by atoms with Crippen molar-refractivity contribution < 1.29 is 23.5 Å². The monoisotopic (exact) mass is 454 g/mol. The second kappa shape index (κ2) is 9.23. The number of fused-ring (bicyclic) bond motifs is 2. The van der Waals surface area contributed by atoms with E-state index < -0.39 is 18.5 Å². The molecule has 0 aliphatic heterocycles. The first-order chi connectivity index (χ1) is 16.6. The number of benzene rings is 2. The number of furan rings is 1. The van der Waals surface area contributed by atoms with Gasteiger partial charge in [0.05, 0.1) is 35.8 Å². The highest BCUT2D eigenvalue weighted by Crippen LogP contribution is 2.37. The van der Waals surface area contributed by atoms with Crippen molar-refractivity contribution >= 4 is 40.1 Å². The smallest absolute Gasteiger partial charge is 0.339 e. The average molecular weight is 454 g/mol. The molecule has 0 atom stereocenters. The van der Waals surface area contributed by atoms with Crippen LogP contribution >= 0.6 is 0 Å². The number of hydrogen-bond acceptors (Lipinski definition) is 6. The van der Waals surface area contributed by atoms with Crippen molar-refractivity contribution in [3.8, 4) is 5.75 Å². The Hall–Kier alpha value is -4.39. The van der Waals surface area contributed by atoms with Crippen LogP contribution in [-0.4, -0.2) is 30.6 Å². The lowest BCUT2D eigenvalue weighted by molar-refractivity contribution is -0.119. The number of carbonyl (C=O) groups excluding carboxylic acids is 2. The second-order valence-corrected chi connectivity index (χ2v) is 7.84. The summed E-state index contributed by atoms with van der Waals surface area (Å²) in [5.41, 5.74) is 4.24. The number of esters is 1. The number of anilines is 1. The summed E-state index contributed by atoms with van der Waals surface area (Å²) in [7, 11) is 1.52. The SMILES string of the molecule is COc1ccccc1NC(=O)COC(=O)c1c2c(nc3ccccc13)C(=Cc1ccco1)CC2. The summed E-state index contributed by atoms with van der Waals surface area (Å²) in [6, 6.07) is 18.2. The van der Waals surface area contributed by atoms with E-state index in [9.17, 15) is 9.59 Å². The van der Waals surface area contributed by atoms with E-state index >= 15 is 0 Å². The van der Waals surface area contributed by atoms with Gasteiger partial charge in [-0.15, -0.1) is 0 Å². The Kier molecular flexibility index (Phi) is 5.82. The number of pyridine rings is 1. The van der Waals surface area contributed by atoms with Crippen LogP contribution in [0.15, 0.2) is 71.3 Å². The molecule has 1 aliphatic carbocycles. The van der Waals surface area contributed by atoms with Gasteiger partial charge in [0.25, 0.3) is 5.91 Å². The van der Waals surface area contributed by atoms with E-state index in [1.54, 1.807) is 30.5 Å². The largest absolute Gasteiger partial charge is 0.495 e. The van der Waals surface area contributed by atoms with E-state index in [0.717, 1.165) is 29.0 Å². The highest BCUT2D eigenvalue weighted by Gasteiger charge is 2.28. The minimum atomic E-state index is -0.552. The Morgan fingerprint density at radius 2 is 1.88 bits per heavy atom. The Morgan fingerprint density at radius 1 is 1.06 bits per heavy atom. The summed E-state index contributed by atoms with van der Waals surface area (Å²) >= 11 is 0. The zero-order valence-corrected chi connectivity index (χ0v) is 18.5. The molecule has 0 unspecified atom stereocenters. The minimum Gasteiger partial charge on any atom is -0.495 e. The number of carbonyl (C=O) groups is 2. The lowest BCUT2D eigenvalue weighted by Gasteiger charge is -2.13. The molecule has 2 aromatic heterocycles. The molecule has 0 bridgehead atoms. The summed E-state index contributed by atoms with van der Waals surface area (Å²) in [5, 5.41) is 3.42. The molecule has 0 radical (unpaired) electrons. The van der Waals surface area contributed by atoms with Gasteiger partial charge in [-0.25, -0.2) is 9.78 Å². The van der Waals surface area contributed by atoms with Crippen LogP contribution in [0.3, 0.4) is 0 Å². The van der Waals surface area contributed by atoms with Gasteiger partial charge < -0.3 is 19.2 Å². The minimum absolute atomic E-state index is 0.419. The Morgan fingerprint density at radius 3 is 2.71 bits per heavy atom. The molecule has 1 amide bonds. The zero-order valence-electron chi connectivity index (χ0n) is 18.5. The molecule has 2 heterocycles. The van der Waals surface area contributed by atoms with Crippen molar-refractivity contribution in [1.29, 1.82) is 0 Å². The first-order valence-electron chi connectivity index (χ1n) is 10.9. The molecule has 5 rings (SSSR count). The van der Waals surface area contributed by atoms with Gasteiger partial charge in [-0.2, -0.15) is 0 Å². The van der Waals surface area contributed by atoms with Crippen LogP contribution in [-0.2, 0) is 16.0 Å². The van der Waals surface area contributed by atoms with E-state index in [2.05, 4.69) is 5.32 Å². The van der Waals surface area contributed by atoms with Crippen molar-refractivity contribution in [1.82, 2.24) is 4.98 Å². The lowest BCUT2D eigenvalue weighted by Crippen LogP contribution is -2.22. The fourth-order valence-electron chi connectivity index (χ4n) is 4.19. The maximum absolute atomic E-state index is 13.2. The zero-order chi connectivity index (χ0) is 23.5. The van der Waals surface area contributed by atoms with Crippen LogP contribution in [0, 0.1) is 0 Å². The first kappa shape index (κ1) is 21.5. The highest BCUT2D eigenvalue weighted by molar-refractivity contribution is 6.08. The number of para-hydroxylation sites is 3. The van der Waals surface area contributed by atoms with Gasteiger partial charge in [0.15, 0.2) is 6.61 Å². The number of methoxy groups -OCH3 is 1. The van der Waals surface area contributed by atoms with Gasteiger partial charge >= 0.3 is 5.97 Å². The van der Waals surface area contributed by atoms with E-state index in [1.807, 2.05) is 42.5 Å². The molecule has 0 saturated carbocycles. The molecule has 1 N–H and O–H groups in total. The third kappa shape index (κ3) is 4.15. The number of ether oxygens (including phenoxy) is 2. The van der Waals surface area contributed by atoms with Gasteiger partial charge in [0, 0.05) is 5.39 Å². The highest BCUT2D eigenvalue weighted by atomic mass is 16.5. The summed E-state index contributed by atoms with van der Waals surface area (Å²) in [6.07, 6.45) is 4.95. The molecule has 7 nitrogen and oxygen atoms in total. The number of rotatable bonds is 6. The molecular formula is C27H22N2O5. The Balaban J connectivity index is 1.42. The lowest BCUT2D eigenvalue weighted by atomic mass is 10.0. The first-order valence-corrected chi connectivity index (χ1v) is 10.9. The van der Waals surface area contributed by atoms with Gasteiger partial charge in [-0.3, -0.25) is 4.79 Å². The molecule has 1 aliphatic rings. The van der Waals surface area contributed by atoms with Gasteiger partial charge in [-0.05, 0) is 60.4 Å². The number of nitrogens with one attached hydrogen (secondary N) is 1.